The molecule has 1 aliphatic heterocycles. The number of aryl methyl sites for hydroxylation is 2. The van der Waals surface area contributed by atoms with E-state index in [2.05, 4.69) is 36.3 Å². The van der Waals surface area contributed by atoms with E-state index in [4.69, 9.17) is 9.10 Å². The van der Waals surface area contributed by atoms with E-state index in [1.54, 1.807) is 29.2 Å². The minimum atomic E-state index is -2.45. The molecule has 0 amide bonds. The van der Waals surface area contributed by atoms with Crippen molar-refractivity contribution in [3.05, 3.63) is 101 Å². The molecule has 1 atom stereocenters. The van der Waals surface area contributed by atoms with Crippen molar-refractivity contribution in [2.75, 3.05) is 10.2 Å². The van der Waals surface area contributed by atoms with E-state index in [1.165, 1.54) is 18.2 Å². The van der Waals surface area contributed by atoms with Gasteiger partial charge in [0, 0.05) is 41.9 Å². The molecule has 1 unspecified atom stereocenters. The highest BCUT2D eigenvalue weighted by atomic mass is 32.1. The largest absolute Gasteiger partial charge is 0.359 e. The first kappa shape index (κ1) is 21.7. The Labute approximate surface area is 239 Å². The summed E-state index contributed by atoms with van der Waals surface area (Å²) >= 11 is 1.56. The number of aromatic nitrogens is 2. The van der Waals surface area contributed by atoms with Gasteiger partial charge in [-0.1, -0.05) is 44.2 Å². The molecule has 0 aliphatic carbocycles. The van der Waals surface area contributed by atoms with Crippen molar-refractivity contribution in [3.63, 3.8) is 0 Å². The molecule has 7 rings (SSSR count). The molecule has 3 aromatic carbocycles. The molecule has 7 heteroatoms. The average Bonchev–Trinajstić information content (AvgIpc) is 3.50. The van der Waals surface area contributed by atoms with Gasteiger partial charge in [-0.3, -0.25) is 4.98 Å². The summed E-state index contributed by atoms with van der Waals surface area (Å²) in [6.07, 6.45) is 0.159. The zero-order valence-corrected chi connectivity index (χ0v) is 23.0. The highest BCUT2D eigenvalue weighted by molar-refractivity contribution is 7.25. The van der Waals surface area contributed by atoms with Gasteiger partial charge in [0.05, 0.1) is 16.9 Å². The van der Waals surface area contributed by atoms with Crippen molar-refractivity contribution in [1.29, 1.82) is 0 Å². The van der Waals surface area contributed by atoms with Crippen LogP contribution in [0.25, 0.3) is 31.2 Å². The first-order chi connectivity index (χ1) is 20.5. The third-order valence-electron chi connectivity index (χ3n) is 7.39. The van der Waals surface area contributed by atoms with Crippen LogP contribution in [0.15, 0.2) is 66.7 Å². The lowest BCUT2D eigenvalue weighted by Crippen LogP contribution is -2.25. The molecule has 0 radical (unpaired) electrons. The Bertz CT molecular complexity index is 2050. The number of nitrogens with zero attached hydrogens (tertiary/aromatic N) is 3. The smallest absolute Gasteiger partial charge is 0.150 e. The number of hydrogen-bond donors (Lipinski definition) is 1. The van der Waals surface area contributed by atoms with Gasteiger partial charge in [0.2, 0.25) is 0 Å². The summed E-state index contributed by atoms with van der Waals surface area (Å²) in [6.45, 7) is 3.52. The Hall–Kier alpha value is -4.10. The molecule has 4 heterocycles. The molecular weight excluding hydrogens is 522 g/mol. The number of thiophene rings is 1. The van der Waals surface area contributed by atoms with Crippen LogP contribution in [-0.2, 0) is 6.42 Å². The van der Waals surface area contributed by atoms with Crippen LogP contribution in [-0.4, -0.2) is 9.97 Å². The van der Waals surface area contributed by atoms with E-state index in [0.717, 1.165) is 38.0 Å². The minimum absolute atomic E-state index is 0.0865. The zero-order valence-electron chi connectivity index (χ0n) is 25.2. The van der Waals surface area contributed by atoms with Crippen molar-refractivity contribution < 1.29 is 12.9 Å². The van der Waals surface area contributed by atoms with Gasteiger partial charge in [0.25, 0.3) is 0 Å². The molecule has 0 saturated carbocycles. The summed E-state index contributed by atoms with van der Waals surface area (Å²) in [5, 5.41) is 6.19. The van der Waals surface area contributed by atoms with Gasteiger partial charge in [0.15, 0.2) is 0 Å². The maximum Gasteiger partial charge on any atom is 0.150 e. The van der Waals surface area contributed by atoms with Crippen LogP contribution in [0.2, 0.25) is 0 Å². The van der Waals surface area contributed by atoms with Gasteiger partial charge in [0.1, 0.15) is 28.3 Å². The number of benzene rings is 3. The molecule has 6 aromatic rings. The Kier molecular flexibility index (Phi) is 5.01. The fourth-order valence-corrected chi connectivity index (χ4v) is 6.97. The molecule has 0 bridgehead atoms. The van der Waals surface area contributed by atoms with Crippen LogP contribution < -0.4 is 10.2 Å². The fraction of sp³-hybridized carbons (Fsp3) is 0.212. The molecule has 0 saturated heterocycles. The molecular formula is C33H28F2N4S. The number of halogens is 2. The summed E-state index contributed by atoms with van der Waals surface area (Å²) < 4.78 is 56.4. The highest BCUT2D eigenvalue weighted by Gasteiger charge is 2.37. The van der Waals surface area contributed by atoms with Gasteiger partial charge in [-0.05, 0) is 68.1 Å². The second kappa shape index (κ2) is 9.24. The monoisotopic (exact) mass is 553 g/mol. The second-order valence-corrected chi connectivity index (χ2v) is 11.8. The number of anilines is 3. The third-order valence-corrected chi connectivity index (χ3v) is 8.56. The molecule has 1 aliphatic rings. The number of rotatable bonds is 4. The summed E-state index contributed by atoms with van der Waals surface area (Å²) in [7, 11) is 0. The van der Waals surface area contributed by atoms with E-state index in [0.29, 0.717) is 33.8 Å². The zero-order chi connectivity index (χ0) is 30.2. The van der Waals surface area contributed by atoms with Gasteiger partial charge in [-0.25, -0.2) is 13.8 Å². The molecule has 40 heavy (non-hydrogen) atoms. The maximum atomic E-state index is 15.8. The fourth-order valence-electron chi connectivity index (χ4n) is 5.74. The minimum Gasteiger partial charge on any atom is -0.359 e. The summed E-state index contributed by atoms with van der Waals surface area (Å²) in [5.74, 6) is -0.965. The Morgan fingerprint density at radius 2 is 1.77 bits per heavy atom. The van der Waals surface area contributed by atoms with Crippen molar-refractivity contribution in [1.82, 2.24) is 9.97 Å². The van der Waals surface area contributed by atoms with Crippen molar-refractivity contribution in [2.45, 2.75) is 40.2 Å². The lowest BCUT2D eigenvalue weighted by Gasteiger charge is -2.29. The number of fused-ring (bicyclic) bond motifs is 6. The van der Waals surface area contributed by atoms with Crippen LogP contribution in [0.5, 0.6) is 0 Å². The molecule has 200 valence electrons. The number of hydrogen-bond acceptors (Lipinski definition) is 5. The SMILES string of the molecule is [2H]C([2H])([2H])c1ccc2ccc3c(c2n1)N(c1c(F)cc(C)cc1F)C(c1cccc2c1sc1nc(CC(C)C)ccc12)N3. The number of nitrogens with one attached hydrogen (secondary N) is 1. The highest BCUT2D eigenvalue weighted by Crippen LogP contribution is 2.52. The first-order valence-corrected chi connectivity index (χ1v) is 14.1. The van der Waals surface area contributed by atoms with Gasteiger partial charge in [-0.2, -0.15) is 0 Å². The van der Waals surface area contributed by atoms with Gasteiger partial charge in [-0.15, -0.1) is 11.3 Å². The topological polar surface area (TPSA) is 41.1 Å². The molecule has 0 spiro atoms. The van der Waals surface area contributed by atoms with Crippen molar-refractivity contribution >= 4 is 59.6 Å². The van der Waals surface area contributed by atoms with Crippen molar-refractivity contribution in [2.24, 2.45) is 5.92 Å². The number of pyridine rings is 2. The van der Waals surface area contributed by atoms with Crippen LogP contribution >= 0.6 is 11.3 Å². The van der Waals surface area contributed by atoms with E-state index >= 15 is 8.78 Å². The predicted octanol–water partition coefficient (Wildman–Crippen LogP) is 9.35. The van der Waals surface area contributed by atoms with Crippen LogP contribution in [0.1, 0.15) is 46.6 Å². The third kappa shape index (κ3) is 3.91. The Morgan fingerprint density at radius 1 is 0.975 bits per heavy atom. The lowest BCUT2D eigenvalue weighted by molar-refractivity contribution is 0.574. The normalized spacial score (nSPS) is 16.4. The standard InChI is InChI=1S/C33H28F2N4S/c1-17(2)14-21-11-12-23-22-6-5-7-24(31(22)40-33(23)37-21)32-38-27-13-10-20-9-8-19(4)36-28(20)30(27)39(32)29-25(34)15-18(3)16-26(29)35/h5-13,15-17,32,38H,14H2,1-4H3/i4D3. The van der Waals surface area contributed by atoms with Crippen LogP contribution in [0, 0.1) is 31.3 Å². The molecule has 4 nitrogen and oxygen atoms in total. The van der Waals surface area contributed by atoms with E-state index in [9.17, 15) is 0 Å². The predicted molar refractivity (Wildman–Crippen MR) is 162 cm³/mol. The van der Waals surface area contributed by atoms with E-state index in [1.807, 2.05) is 30.3 Å². The molecule has 3 aromatic heterocycles. The lowest BCUT2D eigenvalue weighted by atomic mass is 10.0. The quantitative estimate of drug-likeness (QED) is 0.236. The molecule has 1 N–H and O–H groups in total. The Morgan fingerprint density at radius 3 is 2.55 bits per heavy atom. The maximum absolute atomic E-state index is 15.8. The van der Waals surface area contributed by atoms with Gasteiger partial charge >= 0.3 is 0 Å². The van der Waals surface area contributed by atoms with Crippen LogP contribution in [0.3, 0.4) is 0 Å². The van der Waals surface area contributed by atoms with E-state index < -0.39 is 24.7 Å². The average molecular weight is 554 g/mol. The van der Waals surface area contributed by atoms with E-state index in [-0.39, 0.29) is 11.4 Å². The molecule has 0 fully saturated rings. The van der Waals surface area contributed by atoms with Crippen molar-refractivity contribution in [3.8, 4) is 0 Å². The van der Waals surface area contributed by atoms with Gasteiger partial charge < -0.3 is 10.2 Å². The summed E-state index contributed by atoms with van der Waals surface area (Å²) in [6, 6.07) is 19.6. The second-order valence-electron chi connectivity index (χ2n) is 10.8. The summed E-state index contributed by atoms with van der Waals surface area (Å²) in [4.78, 5) is 12.0. The first-order valence-electron chi connectivity index (χ1n) is 14.8. The van der Waals surface area contributed by atoms with Crippen LogP contribution in [0.4, 0.5) is 25.8 Å². The Balaban J connectivity index is 1.49. The summed E-state index contributed by atoms with van der Waals surface area (Å²) in [5.41, 5.74) is 3.36.